The lowest BCUT2D eigenvalue weighted by Gasteiger charge is -2.02. The lowest BCUT2D eigenvalue weighted by molar-refractivity contribution is 0.698. The van der Waals surface area contributed by atoms with Gasteiger partial charge in [-0.2, -0.15) is 9.77 Å². The summed E-state index contributed by atoms with van der Waals surface area (Å²) in [6.07, 6.45) is 1.93. The number of aromatic nitrogens is 3. The molecule has 1 heterocycles. The minimum Gasteiger partial charge on any atom is -0.334 e. The van der Waals surface area contributed by atoms with Crippen molar-refractivity contribution < 1.29 is 0 Å². The number of nitrogens with zero attached hydrogens (tertiary/aromatic N) is 3. The Balaban J connectivity index is 2.66. The molecule has 0 spiro atoms. The second-order valence-corrected chi connectivity index (χ2v) is 3.39. The van der Waals surface area contributed by atoms with Crippen molar-refractivity contribution in [1.82, 2.24) is 14.9 Å². The number of hydrogen-bond donors (Lipinski definition) is 2. The van der Waals surface area contributed by atoms with E-state index < -0.39 is 0 Å². The average Bonchev–Trinajstić information content (AvgIpc) is 2.13. The van der Waals surface area contributed by atoms with Crippen LogP contribution >= 0.6 is 11.8 Å². The zero-order valence-corrected chi connectivity index (χ0v) is 7.83. The molecule has 0 fully saturated rings. The molecule has 0 aromatic carbocycles. The van der Waals surface area contributed by atoms with Crippen molar-refractivity contribution >= 4 is 11.8 Å². The van der Waals surface area contributed by atoms with E-state index in [-0.39, 0.29) is 5.56 Å². The zero-order valence-electron chi connectivity index (χ0n) is 7.01. The van der Waals surface area contributed by atoms with Crippen LogP contribution in [0.4, 0.5) is 0 Å². The van der Waals surface area contributed by atoms with Gasteiger partial charge in [0.15, 0.2) is 0 Å². The average molecular weight is 201 g/mol. The van der Waals surface area contributed by atoms with Crippen molar-refractivity contribution in [2.45, 2.75) is 11.6 Å². The predicted molar refractivity (Wildman–Crippen MR) is 50.8 cm³/mol. The second-order valence-electron chi connectivity index (χ2n) is 2.33. The molecule has 0 aliphatic rings. The van der Waals surface area contributed by atoms with Gasteiger partial charge in [-0.1, -0.05) is 11.8 Å². The molecule has 0 unspecified atom stereocenters. The highest BCUT2D eigenvalue weighted by molar-refractivity contribution is 7.99. The van der Waals surface area contributed by atoms with Gasteiger partial charge in [0.05, 0.1) is 0 Å². The standard InChI is InChI=1S/C6H11N5OS/c7-2-1-3-13-6-10-9-4-5(12)11(6)8/h4H,1-3,7-8H2. The van der Waals surface area contributed by atoms with Crippen molar-refractivity contribution in [2.75, 3.05) is 18.1 Å². The van der Waals surface area contributed by atoms with Gasteiger partial charge in [-0.15, -0.1) is 5.10 Å². The van der Waals surface area contributed by atoms with E-state index in [1.165, 1.54) is 11.8 Å². The molecule has 0 saturated heterocycles. The van der Waals surface area contributed by atoms with Crippen LogP contribution in [-0.2, 0) is 0 Å². The molecule has 1 aromatic heterocycles. The minimum atomic E-state index is -0.356. The summed E-state index contributed by atoms with van der Waals surface area (Å²) in [5, 5.41) is 7.65. The van der Waals surface area contributed by atoms with Gasteiger partial charge in [-0.25, -0.2) is 0 Å². The third-order valence-corrected chi connectivity index (χ3v) is 2.36. The molecule has 4 N–H and O–H groups in total. The number of thioether (sulfide) groups is 1. The zero-order chi connectivity index (χ0) is 9.68. The molecule has 0 radical (unpaired) electrons. The summed E-state index contributed by atoms with van der Waals surface area (Å²) in [5.74, 6) is 6.20. The molecule has 72 valence electrons. The summed E-state index contributed by atoms with van der Waals surface area (Å²) in [6.45, 7) is 0.613. The van der Waals surface area contributed by atoms with Gasteiger partial charge in [-0.05, 0) is 13.0 Å². The Morgan fingerprint density at radius 2 is 2.38 bits per heavy atom. The molecular formula is C6H11N5OS. The molecule has 0 atom stereocenters. The second kappa shape index (κ2) is 4.83. The monoisotopic (exact) mass is 201 g/mol. The fourth-order valence-corrected chi connectivity index (χ4v) is 1.51. The van der Waals surface area contributed by atoms with Crippen molar-refractivity contribution in [3.05, 3.63) is 16.6 Å². The highest BCUT2D eigenvalue weighted by Crippen LogP contribution is 2.10. The molecular weight excluding hydrogens is 190 g/mol. The summed E-state index contributed by atoms with van der Waals surface area (Å²) in [5.41, 5.74) is 4.96. The van der Waals surface area contributed by atoms with Crippen LogP contribution in [0.1, 0.15) is 6.42 Å². The Bertz CT molecular complexity index is 325. The minimum absolute atomic E-state index is 0.356. The largest absolute Gasteiger partial charge is 0.334 e. The molecule has 1 rings (SSSR count). The molecule has 0 amide bonds. The quantitative estimate of drug-likeness (QED) is 0.360. The Morgan fingerprint density at radius 1 is 1.62 bits per heavy atom. The summed E-state index contributed by atoms with van der Waals surface area (Å²) in [6, 6.07) is 0. The van der Waals surface area contributed by atoms with Gasteiger partial charge in [0.25, 0.3) is 5.56 Å². The maximum absolute atomic E-state index is 11.0. The molecule has 0 aliphatic heterocycles. The van der Waals surface area contributed by atoms with E-state index in [0.29, 0.717) is 11.7 Å². The van der Waals surface area contributed by atoms with E-state index in [0.717, 1.165) is 23.0 Å². The summed E-state index contributed by atoms with van der Waals surface area (Å²) in [7, 11) is 0. The SMILES string of the molecule is NCCCSc1nncc(=O)n1N. The normalized spacial score (nSPS) is 10.2. The fraction of sp³-hybridized carbons (Fsp3) is 0.500. The summed E-state index contributed by atoms with van der Waals surface area (Å²) < 4.78 is 0.980. The van der Waals surface area contributed by atoms with E-state index >= 15 is 0 Å². The van der Waals surface area contributed by atoms with Crippen LogP contribution in [0.5, 0.6) is 0 Å². The lowest BCUT2D eigenvalue weighted by Crippen LogP contribution is -2.29. The van der Waals surface area contributed by atoms with Gasteiger partial charge in [0.1, 0.15) is 6.20 Å². The number of rotatable bonds is 4. The van der Waals surface area contributed by atoms with E-state index in [1.54, 1.807) is 0 Å². The number of nitrogens with two attached hydrogens (primary N) is 2. The maximum Gasteiger partial charge on any atom is 0.291 e. The van der Waals surface area contributed by atoms with Crippen LogP contribution in [0.2, 0.25) is 0 Å². The molecule has 0 aliphatic carbocycles. The third-order valence-electron chi connectivity index (χ3n) is 1.33. The first kappa shape index (κ1) is 10.0. The number of hydrogen-bond acceptors (Lipinski definition) is 6. The van der Waals surface area contributed by atoms with E-state index in [2.05, 4.69) is 10.2 Å². The predicted octanol–water partition coefficient (Wildman–Crippen LogP) is -1.21. The van der Waals surface area contributed by atoms with Crippen LogP contribution in [0.3, 0.4) is 0 Å². The lowest BCUT2D eigenvalue weighted by atomic mass is 10.5. The first-order chi connectivity index (χ1) is 6.25. The van der Waals surface area contributed by atoms with Crippen LogP contribution in [0.15, 0.2) is 16.1 Å². The molecule has 6 nitrogen and oxygen atoms in total. The van der Waals surface area contributed by atoms with Gasteiger partial charge in [0.2, 0.25) is 5.16 Å². The molecule has 0 bridgehead atoms. The molecule has 13 heavy (non-hydrogen) atoms. The van der Waals surface area contributed by atoms with Gasteiger partial charge >= 0.3 is 0 Å². The summed E-state index contributed by atoms with van der Waals surface area (Å²) in [4.78, 5) is 11.0. The maximum atomic E-state index is 11.0. The first-order valence-corrected chi connectivity index (χ1v) is 4.77. The Kier molecular flexibility index (Phi) is 3.71. The van der Waals surface area contributed by atoms with Gasteiger partial charge < -0.3 is 11.6 Å². The van der Waals surface area contributed by atoms with Crippen molar-refractivity contribution in [2.24, 2.45) is 5.73 Å². The topological polar surface area (TPSA) is 99.8 Å². The highest BCUT2D eigenvalue weighted by atomic mass is 32.2. The van der Waals surface area contributed by atoms with E-state index in [1.807, 2.05) is 0 Å². The van der Waals surface area contributed by atoms with Gasteiger partial charge in [0, 0.05) is 5.75 Å². The van der Waals surface area contributed by atoms with Crippen molar-refractivity contribution in [3.8, 4) is 0 Å². The molecule has 0 saturated carbocycles. The Morgan fingerprint density at radius 3 is 3.08 bits per heavy atom. The van der Waals surface area contributed by atoms with Gasteiger partial charge in [-0.3, -0.25) is 4.79 Å². The van der Waals surface area contributed by atoms with Crippen LogP contribution in [-0.4, -0.2) is 27.2 Å². The first-order valence-electron chi connectivity index (χ1n) is 3.78. The van der Waals surface area contributed by atoms with E-state index in [4.69, 9.17) is 11.6 Å². The Labute approximate surface area is 79.3 Å². The van der Waals surface area contributed by atoms with Crippen LogP contribution in [0, 0.1) is 0 Å². The van der Waals surface area contributed by atoms with Crippen LogP contribution in [0.25, 0.3) is 0 Å². The number of nitrogen functional groups attached to an aromatic ring is 1. The van der Waals surface area contributed by atoms with Crippen molar-refractivity contribution in [3.63, 3.8) is 0 Å². The summed E-state index contributed by atoms with van der Waals surface area (Å²) >= 11 is 1.37. The van der Waals surface area contributed by atoms with E-state index in [9.17, 15) is 4.79 Å². The van der Waals surface area contributed by atoms with Crippen molar-refractivity contribution in [1.29, 1.82) is 0 Å². The fourth-order valence-electron chi connectivity index (χ4n) is 0.677. The smallest absolute Gasteiger partial charge is 0.291 e. The highest BCUT2D eigenvalue weighted by Gasteiger charge is 2.02. The van der Waals surface area contributed by atoms with Crippen LogP contribution < -0.4 is 17.1 Å². The molecule has 7 heteroatoms. The molecule has 1 aromatic rings. The Hall–Kier alpha value is -1.08. The third kappa shape index (κ3) is 2.71.